The minimum Gasteiger partial charge on any atom is -0.452 e. The molecule has 2 aromatic rings. The molecule has 7 nitrogen and oxygen atoms in total. The summed E-state index contributed by atoms with van der Waals surface area (Å²) in [6, 6.07) is 10.8. The summed E-state index contributed by atoms with van der Waals surface area (Å²) in [5.41, 5.74) is 1.45. The third-order valence-corrected chi connectivity index (χ3v) is 5.37. The zero-order valence-electron chi connectivity index (χ0n) is 14.1. The molecule has 0 bridgehead atoms. The number of esters is 1. The van der Waals surface area contributed by atoms with Crippen molar-refractivity contribution in [3.63, 3.8) is 0 Å². The lowest BCUT2D eigenvalue weighted by Crippen LogP contribution is -2.22. The second kappa shape index (κ2) is 8.31. The van der Waals surface area contributed by atoms with Crippen molar-refractivity contribution in [1.29, 1.82) is 0 Å². The van der Waals surface area contributed by atoms with Gasteiger partial charge in [-0.15, -0.1) is 0 Å². The fourth-order valence-corrected chi connectivity index (χ4v) is 3.31. The van der Waals surface area contributed by atoms with E-state index >= 15 is 0 Å². The van der Waals surface area contributed by atoms with Gasteiger partial charge in [0.05, 0.1) is 10.6 Å². The minimum absolute atomic E-state index is 0.0341. The van der Waals surface area contributed by atoms with Crippen LogP contribution in [0.5, 0.6) is 0 Å². The Balaban J connectivity index is 2.05. The van der Waals surface area contributed by atoms with Crippen molar-refractivity contribution >= 4 is 39.2 Å². The first-order valence-electron chi connectivity index (χ1n) is 7.50. The highest BCUT2D eigenvalue weighted by molar-refractivity contribution is 7.89. The molecule has 0 heterocycles. The Morgan fingerprint density at radius 1 is 1.15 bits per heavy atom. The molecule has 0 unspecified atom stereocenters. The van der Waals surface area contributed by atoms with Gasteiger partial charge in [0.25, 0.3) is 5.91 Å². The minimum atomic E-state index is -3.83. The summed E-state index contributed by atoms with van der Waals surface area (Å²) < 4.78 is 30.8. The number of rotatable bonds is 6. The monoisotopic (exact) mass is 396 g/mol. The fourth-order valence-electron chi connectivity index (χ4n) is 2.06. The van der Waals surface area contributed by atoms with E-state index in [9.17, 15) is 18.0 Å². The molecule has 0 aliphatic carbocycles. The maximum absolute atomic E-state index is 12.1. The molecule has 0 saturated heterocycles. The quantitative estimate of drug-likeness (QED) is 0.730. The number of amides is 1. The van der Waals surface area contributed by atoms with Crippen LogP contribution in [0.2, 0.25) is 5.02 Å². The Morgan fingerprint density at radius 3 is 2.50 bits per heavy atom. The average molecular weight is 397 g/mol. The Bertz CT molecular complexity index is 944. The molecule has 0 fully saturated rings. The Hall–Kier alpha value is -2.42. The van der Waals surface area contributed by atoms with Crippen molar-refractivity contribution in [1.82, 2.24) is 4.72 Å². The van der Waals surface area contributed by atoms with Gasteiger partial charge in [-0.25, -0.2) is 17.9 Å². The molecule has 0 radical (unpaired) electrons. The van der Waals surface area contributed by atoms with Gasteiger partial charge in [-0.05, 0) is 43.8 Å². The second-order valence-electron chi connectivity index (χ2n) is 5.29. The Labute approximate surface area is 156 Å². The fraction of sp³-hybridized carbons (Fsp3) is 0.176. The summed E-state index contributed by atoms with van der Waals surface area (Å²) >= 11 is 5.86. The molecule has 26 heavy (non-hydrogen) atoms. The predicted octanol–water partition coefficient (Wildman–Crippen LogP) is 2.35. The van der Waals surface area contributed by atoms with E-state index in [2.05, 4.69) is 10.0 Å². The lowest BCUT2D eigenvalue weighted by atomic mass is 10.2. The van der Waals surface area contributed by atoms with E-state index in [4.69, 9.17) is 16.3 Å². The van der Waals surface area contributed by atoms with Crippen molar-refractivity contribution in [2.24, 2.45) is 0 Å². The van der Waals surface area contributed by atoms with Crippen LogP contribution in [0.3, 0.4) is 0 Å². The van der Waals surface area contributed by atoms with Gasteiger partial charge >= 0.3 is 5.97 Å². The number of nitrogens with one attached hydrogen (secondary N) is 2. The average Bonchev–Trinajstić information content (AvgIpc) is 2.62. The molecule has 0 atom stereocenters. The summed E-state index contributed by atoms with van der Waals surface area (Å²) in [7, 11) is -2.60. The van der Waals surface area contributed by atoms with Crippen molar-refractivity contribution in [3.8, 4) is 0 Å². The lowest BCUT2D eigenvalue weighted by Gasteiger charge is -2.10. The highest BCUT2D eigenvalue weighted by atomic mass is 35.5. The van der Waals surface area contributed by atoms with Crippen LogP contribution in [-0.2, 0) is 19.6 Å². The number of sulfonamides is 1. The van der Waals surface area contributed by atoms with Crippen LogP contribution < -0.4 is 10.0 Å². The van der Waals surface area contributed by atoms with E-state index in [0.717, 1.165) is 11.6 Å². The highest BCUT2D eigenvalue weighted by Crippen LogP contribution is 2.22. The van der Waals surface area contributed by atoms with Crippen LogP contribution in [0.15, 0.2) is 47.4 Å². The molecule has 138 valence electrons. The van der Waals surface area contributed by atoms with E-state index in [1.165, 1.54) is 19.2 Å². The van der Waals surface area contributed by atoms with Gasteiger partial charge in [-0.1, -0.05) is 29.8 Å². The van der Waals surface area contributed by atoms with Crippen molar-refractivity contribution in [2.45, 2.75) is 11.8 Å². The summed E-state index contributed by atoms with van der Waals surface area (Å²) in [6.07, 6.45) is 0. The molecule has 0 aromatic heterocycles. The zero-order chi connectivity index (χ0) is 19.3. The van der Waals surface area contributed by atoms with E-state index < -0.39 is 28.5 Å². The third-order valence-electron chi connectivity index (χ3n) is 3.48. The van der Waals surface area contributed by atoms with E-state index in [-0.39, 0.29) is 15.5 Å². The Kier molecular flexibility index (Phi) is 6.36. The molecule has 2 rings (SSSR count). The van der Waals surface area contributed by atoms with Gasteiger partial charge < -0.3 is 10.1 Å². The first-order chi connectivity index (χ1) is 12.2. The number of ether oxygens (including phenoxy) is 1. The van der Waals surface area contributed by atoms with Gasteiger partial charge in [-0.2, -0.15) is 0 Å². The normalized spacial score (nSPS) is 11.0. The van der Waals surface area contributed by atoms with Gasteiger partial charge in [0.15, 0.2) is 6.61 Å². The molecule has 0 spiro atoms. The number of halogens is 1. The summed E-state index contributed by atoms with van der Waals surface area (Å²) in [6.45, 7) is 1.32. The molecular weight excluding hydrogens is 380 g/mol. The summed E-state index contributed by atoms with van der Waals surface area (Å²) in [4.78, 5) is 23.7. The van der Waals surface area contributed by atoms with Gasteiger partial charge in [0.2, 0.25) is 10.0 Å². The van der Waals surface area contributed by atoms with Gasteiger partial charge in [0.1, 0.15) is 4.90 Å². The molecule has 2 aromatic carbocycles. The van der Waals surface area contributed by atoms with Crippen molar-refractivity contribution in [2.75, 3.05) is 19.0 Å². The van der Waals surface area contributed by atoms with Crippen LogP contribution in [0.4, 0.5) is 5.69 Å². The van der Waals surface area contributed by atoms with Crippen LogP contribution in [-0.4, -0.2) is 33.9 Å². The second-order valence-corrected chi connectivity index (χ2v) is 7.55. The number of para-hydroxylation sites is 1. The smallest absolute Gasteiger partial charge is 0.338 e. The topological polar surface area (TPSA) is 102 Å². The van der Waals surface area contributed by atoms with Gasteiger partial charge in [0, 0.05) is 5.69 Å². The number of hydrogen-bond donors (Lipinski definition) is 2. The maximum atomic E-state index is 12.1. The number of hydrogen-bond acceptors (Lipinski definition) is 5. The zero-order valence-corrected chi connectivity index (χ0v) is 15.6. The first-order valence-corrected chi connectivity index (χ1v) is 9.36. The van der Waals surface area contributed by atoms with Crippen LogP contribution in [0.25, 0.3) is 0 Å². The Morgan fingerprint density at radius 2 is 1.85 bits per heavy atom. The van der Waals surface area contributed by atoms with Crippen molar-refractivity contribution < 1.29 is 22.7 Å². The molecule has 1 amide bonds. The lowest BCUT2D eigenvalue weighted by molar-refractivity contribution is -0.119. The van der Waals surface area contributed by atoms with Crippen LogP contribution >= 0.6 is 11.6 Å². The molecule has 9 heteroatoms. The molecular formula is C17H17ClN2O5S. The van der Waals surface area contributed by atoms with Crippen LogP contribution in [0, 0.1) is 6.92 Å². The van der Waals surface area contributed by atoms with E-state index in [1.807, 2.05) is 19.1 Å². The predicted molar refractivity (Wildman–Crippen MR) is 97.8 cm³/mol. The van der Waals surface area contributed by atoms with Crippen LogP contribution in [0.1, 0.15) is 15.9 Å². The number of anilines is 1. The number of aryl methyl sites for hydroxylation is 1. The van der Waals surface area contributed by atoms with Crippen molar-refractivity contribution in [3.05, 3.63) is 58.6 Å². The number of carbonyl (C=O) groups excluding carboxylic acids is 2. The first kappa shape index (κ1) is 19.9. The highest BCUT2D eigenvalue weighted by Gasteiger charge is 2.19. The van der Waals surface area contributed by atoms with E-state index in [1.54, 1.807) is 12.1 Å². The summed E-state index contributed by atoms with van der Waals surface area (Å²) in [5, 5.41) is 2.59. The third kappa shape index (κ3) is 4.81. The molecule has 0 aliphatic rings. The number of carbonyl (C=O) groups is 2. The van der Waals surface area contributed by atoms with E-state index in [0.29, 0.717) is 5.69 Å². The molecule has 0 saturated carbocycles. The SMILES string of the molecule is CNS(=O)(=O)c1cc(C(=O)OCC(=O)Nc2ccccc2C)ccc1Cl. The molecule has 2 N–H and O–H groups in total. The molecule has 0 aliphatic heterocycles. The summed E-state index contributed by atoms with van der Waals surface area (Å²) in [5.74, 6) is -1.35. The standard InChI is InChI=1S/C17H17ClN2O5S/c1-11-5-3-4-6-14(11)20-16(21)10-25-17(22)12-7-8-13(18)15(9-12)26(23,24)19-2/h3-9,19H,10H2,1-2H3,(H,20,21). The number of benzene rings is 2. The van der Waals surface area contributed by atoms with Gasteiger partial charge in [-0.3, -0.25) is 4.79 Å². The maximum Gasteiger partial charge on any atom is 0.338 e. The largest absolute Gasteiger partial charge is 0.452 e.